The summed E-state index contributed by atoms with van der Waals surface area (Å²) in [7, 11) is 0. The Bertz CT molecular complexity index is 891. The molecular formula is C17H20F3N5O4. The number of halogens is 3. The van der Waals surface area contributed by atoms with Crippen LogP contribution in [0.15, 0.2) is 12.1 Å². The first-order valence-corrected chi connectivity index (χ1v) is 9.06. The van der Waals surface area contributed by atoms with Gasteiger partial charge in [0.2, 0.25) is 0 Å². The number of aromatic nitrogens is 4. The van der Waals surface area contributed by atoms with Crippen molar-refractivity contribution in [3.63, 3.8) is 0 Å². The van der Waals surface area contributed by atoms with Crippen LogP contribution in [0.1, 0.15) is 32.5 Å². The Kier molecular flexibility index (Phi) is 5.89. The van der Waals surface area contributed by atoms with Gasteiger partial charge in [-0.2, -0.15) is 17.7 Å². The van der Waals surface area contributed by atoms with E-state index in [1.54, 1.807) is 24.8 Å². The Balaban J connectivity index is 1.59. The van der Waals surface area contributed by atoms with Gasteiger partial charge in [0.15, 0.2) is 12.3 Å². The average molecular weight is 415 g/mol. The molecule has 0 unspecified atom stereocenters. The highest BCUT2D eigenvalue weighted by atomic mass is 19.4. The number of ether oxygens (including phenoxy) is 2. The summed E-state index contributed by atoms with van der Waals surface area (Å²) in [6.07, 6.45) is -4.12. The predicted octanol–water partition coefficient (Wildman–Crippen LogP) is 1.85. The maximum absolute atomic E-state index is 13.0. The number of alkyl halides is 3. The van der Waals surface area contributed by atoms with Crippen molar-refractivity contribution in [2.24, 2.45) is 5.92 Å². The molecule has 0 saturated carbocycles. The highest BCUT2D eigenvalue weighted by Crippen LogP contribution is 2.28. The van der Waals surface area contributed by atoms with Crippen LogP contribution in [0.2, 0.25) is 0 Å². The molecule has 1 aliphatic heterocycles. The number of carbonyl (C=O) groups excluding carboxylic acids is 2. The number of hydrogen-bond donors (Lipinski definition) is 0. The Morgan fingerprint density at radius 2 is 1.90 bits per heavy atom. The molecule has 0 atom stereocenters. The molecule has 0 N–H and O–H groups in total. The molecule has 3 heterocycles. The number of nitrogens with zero attached hydrogens (tertiary/aromatic N) is 5. The van der Waals surface area contributed by atoms with Crippen molar-refractivity contribution in [3.05, 3.63) is 18.0 Å². The summed E-state index contributed by atoms with van der Waals surface area (Å²) in [6.45, 7) is 3.75. The second-order valence-corrected chi connectivity index (χ2v) is 6.89. The molecule has 12 heteroatoms. The lowest BCUT2D eigenvalue weighted by atomic mass is 9.97. The first-order valence-electron chi connectivity index (χ1n) is 9.06. The van der Waals surface area contributed by atoms with E-state index < -0.39 is 36.5 Å². The number of anilines is 1. The van der Waals surface area contributed by atoms with E-state index in [1.165, 1.54) is 6.07 Å². The van der Waals surface area contributed by atoms with Crippen LogP contribution in [0.3, 0.4) is 0 Å². The summed E-state index contributed by atoms with van der Waals surface area (Å²) in [4.78, 5) is 25.3. The van der Waals surface area contributed by atoms with Crippen molar-refractivity contribution in [1.82, 2.24) is 19.8 Å². The van der Waals surface area contributed by atoms with Crippen LogP contribution >= 0.6 is 0 Å². The quantitative estimate of drug-likeness (QED) is 0.683. The van der Waals surface area contributed by atoms with E-state index >= 15 is 0 Å². The molecule has 0 amide bonds. The zero-order valence-electron chi connectivity index (χ0n) is 15.8. The van der Waals surface area contributed by atoms with Crippen LogP contribution in [0.25, 0.3) is 5.65 Å². The molecule has 29 heavy (non-hydrogen) atoms. The number of fused-ring (bicyclic) bond motifs is 1. The molecule has 1 aliphatic rings. The van der Waals surface area contributed by atoms with Gasteiger partial charge in [0.05, 0.1) is 12.0 Å². The SMILES string of the molecule is CC(C)OC(=O)COC(=O)C1CCN(c2ccc3nnc(C(F)(F)F)n3n2)CC1. The van der Waals surface area contributed by atoms with Crippen LogP contribution in [0.5, 0.6) is 0 Å². The Hall–Kier alpha value is -2.92. The number of rotatable bonds is 5. The van der Waals surface area contributed by atoms with Crippen LogP contribution in [0.4, 0.5) is 19.0 Å². The van der Waals surface area contributed by atoms with Crippen molar-refractivity contribution < 1.29 is 32.2 Å². The second-order valence-electron chi connectivity index (χ2n) is 6.89. The van der Waals surface area contributed by atoms with Gasteiger partial charge in [-0.25, -0.2) is 4.79 Å². The van der Waals surface area contributed by atoms with Gasteiger partial charge >= 0.3 is 18.1 Å². The fraction of sp³-hybridized carbons (Fsp3) is 0.588. The normalized spacial score (nSPS) is 15.7. The van der Waals surface area contributed by atoms with Crippen LogP contribution in [-0.4, -0.2) is 57.6 Å². The number of carbonyl (C=O) groups is 2. The molecule has 2 aromatic rings. The van der Waals surface area contributed by atoms with Gasteiger partial charge in [0.25, 0.3) is 5.82 Å². The molecule has 158 valence electrons. The summed E-state index contributed by atoms with van der Waals surface area (Å²) >= 11 is 0. The third-order valence-corrected chi connectivity index (χ3v) is 4.35. The maximum Gasteiger partial charge on any atom is 0.453 e. The monoisotopic (exact) mass is 415 g/mol. The lowest BCUT2D eigenvalue weighted by Gasteiger charge is -2.31. The van der Waals surface area contributed by atoms with Gasteiger partial charge in [0, 0.05) is 13.1 Å². The molecule has 0 radical (unpaired) electrons. The van der Waals surface area contributed by atoms with Crippen LogP contribution < -0.4 is 4.90 Å². The van der Waals surface area contributed by atoms with Crippen molar-refractivity contribution in [2.75, 3.05) is 24.6 Å². The molecule has 0 spiro atoms. The third-order valence-electron chi connectivity index (χ3n) is 4.35. The van der Waals surface area contributed by atoms with E-state index in [4.69, 9.17) is 9.47 Å². The zero-order valence-corrected chi connectivity index (χ0v) is 15.8. The molecule has 0 bridgehead atoms. The smallest absolute Gasteiger partial charge is 0.453 e. The van der Waals surface area contributed by atoms with E-state index in [1.807, 2.05) is 0 Å². The van der Waals surface area contributed by atoms with E-state index in [0.29, 0.717) is 36.3 Å². The van der Waals surface area contributed by atoms with E-state index in [9.17, 15) is 22.8 Å². The molecule has 1 fully saturated rings. The number of hydrogen-bond acceptors (Lipinski definition) is 8. The standard InChI is InChI=1S/C17H20F3N5O4/c1-10(2)29-14(26)9-28-15(27)11-5-7-24(8-6-11)13-4-3-12-21-22-16(17(18,19)20)25(12)23-13/h3-4,10-11H,5-9H2,1-2H3. The number of esters is 2. The van der Waals surface area contributed by atoms with Gasteiger partial charge < -0.3 is 14.4 Å². The highest BCUT2D eigenvalue weighted by molar-refractivity contribution is 5.78. The van der Waals surface area contributed by atoms with Gasteiger partial charge in [-0.3, -0.25) is 4.79 Å². The van der Waals surface area contributed by atoms with Crippen molar-refractivity contribution >= 4 is 23.4 Å². The minimum Gasteiger partial charge on any atom is -0.460 e. The summed E-state index contributed by atoms with van der Waals surface area (Å²) < 4.78 is 49.6. The van der Waals surface area contributed by atoms with Gasteiger partial charge in [-0.15, -0.1) is 15.3 Å². The Morgan fingerprint density at radius 3 is 2.52 bits per heavy atom. The molecule has 2 aromatic heterocycles. The molecular weight excluding hydrogens is 395 g/mol. The molecule has 3 rings (SSSR count). The molecule has 0 aliphatic carbocycles. The van der Waals surface area contributed by atoms with Gasteiger partial charge in [-0.1, -0.05) is 0 Å². The van der Waals surface area contributed by atoms with Crippen molar-refractivity contribution in [1.29, 1.82) is 0 Å². The van der Waals surface area contributed by atoms with Gasteiger partial charge in [-0.05, 0) is 38.8 Å². The third kappa shape index (κ3) is 4.93. The topological polar surface area (TPSA) is 98.9 Å². The first kappa shape index (κ1) is 20.8. The van der Waals surface area contributed by atoms with E-state index in [0.717, 1.165) is 0 Å². The molecule has 0 aromatic carbocycles. The first-order chi connectivity index (χ1) is 13.6. The average Bonchev–Trinajstić information content (AvgIpc) is 3.09. The summed E-state index contributed by atoms with van der Waals surface area (Å²) in [5.41, 5.74) is -0.00665. The van der Waals surface area contributed by atoms with Crippen molar-refractivity contribution in [2.45, 2.75) is 39.0 Å². The largest absolute Gasteiger partial charge is 0.460 e. The van der Waals surface area contributed by atoms with E-state index in [2.05, 4.69) is 15.3 Å². The summed E-state index contributed by atoms with van der Waals surface area (Å²) in [6, 6.07) is 2.97. The maximum atomic E-state index is 13.0. The number of piperidine rings is 1. The summed E-state index contributed by atoms with van der Waals surface area (Å²) in [5.74, 6) is -2.37. The summed E-state index contributed by atoms with van der Waals surface area (Å²) in [5, 5.41) is 10.6. The van der Waals surface area contributed by atoms with Crippen LogP contribution in [0, 0.1) is 5.92 Å². The predicted molar refractivity (Wildman–Crippen MR) is 92.9 cm³/mol. The Morgan fingerprint density at radius 1 is 1.21 bits per heavy atom. The fourth-order valence-corrected chi connectivity index (χ4v) is 3.01. The van der Waals surface area contributed by atoms with E-state index in [-0.39, 0.29) is 11.8 Å². The zero-order chi connectivity index (χ0) is 21.2. The lowest BCUT2D eigenvalue weighted by molar-refractivity contribution is -0.163. The van der Waals surface area contributed by atoms with Gasteiger partial charge in [0.1, 0.15) is 5.82 Å². The fourth-order valence-electron chi connectivity index (χ4n) is 3.01. The minimum atomic E-state index is -4.67. The molecule has 9 nitrogen and oxygen atoms in total. The second kappa shape index (κ2) is 8.21. The highest BCUT2D eigenvalue weighted by Gasteiger charge is 2.38. The van der Waals surface area contributed by atoms with Crippen LogP contribution in [-0.2, 0) is 25.2 Å². The Labute approximate surface area is 163 Å². The minimum absolute atomic E-state index is 0.00665. The van der Waals surface area contributed by atoms with Crippen molar-refractivity contribution in [3.8, 4) is 0 Å². The molecule has 1 saturated heterocycles. The lowest BCUT2D eigenvalue weighted by Crippen LogP contribution is -2.38.